The topological polar surface area (TPSA) is 46.2 Å². The van der Waals surface area contributed by atoms with Crippen molar-refractivity contribution in [2.75, 3.05) is 6.61 Å². The maximum atomic E-state index is 10.7. The Morgan fingerprint density at radius 3 is 2.36 bits per heavy atom. The van der Waals surface area contributed by atoms with Crippen molar-refractivity contribution in [1.82, 2.24) is 0 Å². The van der Waals surface area contributed by atoms with Crippen LogP contribution in [0, 0.1) is 5.92 Å². The van der Waals surface area contributed by atoms with Gasteiger partial charge in [0.25, 0.3) is 0 Å². The molecule has 1 radical (unpaired) electrons. The number of rotatable bonds is 4. The van der Waals surface area contributed by atoms with E-state index in [4.69, 9.17) is 4.74 Å². The van der Waals surface area contributed by atoms with Crippen molar-refractivity contribution in [3.63, 3.8) is 0 Å². The van der Waals surface area contributed by atoms with Crippen LogP contribution >= 0.6 is 0 Å². The van der Waals surface area contributed by atoms with Crippen LogP contribution in [0.5, 0.6) is 0 Å². The number of carbonyl (C=O) groups excluding carboxylic acids is 1. The fourth-order valence-electron chi connectivity index (χ4n) is 0.508. The van der Waals surface area contributed by atoms with E-state index in [1.54, 1.807) is 6.92 Å². The standard InChI is InChI=1S/C8H15O3/c1-4-7(9)8(10)11-5-6(2)3/h6-7H,4-5H2,1-3H3. The van der Waals surface area contributed by atoms with E-state index in [0.29, 0.717) is 18.9 Å². The Kier molecular flexibility index (Phi) is 4.86. The lowest BCUT2D eigenvalue weighted by Crippen LogP contribution is -2.22. The lowest BCUT2D eigenvalue weighted by Gasteiger charge is -2.08. The van der Waals surface area contributed by atoms with E-state index in [0.717, 1.165) is 0 Å². The second kappa shape index (κ2) is 5.13. The van der Waals surface area contributed by atoms with Crippen LogP contribution in [-0.4, -0.2) is 18.7 Å². The van der Waals surface area contributed by atoms with E-state index in [9.17, 15) is 9.90 Å². The Morgan fingerprint density at radius 1 is 1.45 bits per heavy atom. The highest BCUT2D eigenvalue weighted by molar-refractivity contribution is 5.74. The molecule has 0 heterocycles. The fraction of sp³-hybridized carbons (Fsp3) is 0.875. The summed E-state index contributed by atoms with van der Waals surface area (Å²) in [4.78, 5) is 10.7. The summed E-state index contributed by atoms with van der Waals surface area (Å²) in [6, 6.07) is 0. The predicted molar refractivity (Wildman–Crippen MR) is 40.6 cm³/mol. The van der Waals surface area contributed by atoms with E-state index in [2.05, 4.69) is 0 Å². The maximum absolute atomic E-state index is 10.7. The van der Waals surface area contributed by atoms with Crippen LogP contribution in [0.15, 0.2) is 0 Å². The molecular formula is C8H15O3. The third-order valence-corrected chi connectivity index (χ3v) is 1.19. The van der Waals surface area contributed by atoms with Crippen molar-refractivity contribution in [2.45, 2.75) is 33.3 Å². The summed E-state index contributed by atoms with van der Waals surface area (Å²) in [6.07, 6.45) is -0.898. The van der Waals surface area contributed by atoms with Gasteiger partial charge in [-0.05, 0) is 12.3 Å². The molecule has 3 heteroatoms. The summed E-state index contributed by atoms with van der Waals surface area (Å²) in [7, 11) is 0. The van der Waals surface area contributed by atoms with Crippen molar-refractivity contribution < 1.29 is 14.6 Å². The van der Waals surface area contributed by atoms with Crippen LogP contribution in [0.2, 0.25) is 0 Å². The molecule has 0 bridgehead atoms. The molecule has 0 aromatic heterocycles. The largest absolute Gasteiger partial charge is 0.463 e. The van der Waals surface area contributed by atoms with Gasteiger partial charge in [-0.2, -0.15) is 0 Å². The zero-order valence-electron chi connectivity index (χ0n) is 7.29. The third-order valence-electron chi connectivity index (χ3n) is 1.19. The van der Waals surface area contributed by atoms with Crippen LogP contribution in [0.4, 0.5) is 0 Å². The number of ether oxygens (including phenoxy) is 1. The number of carbonyl (C=O) groups is 1. The third kappa shape index (κ3) is 4.79. The summed E-state index contributed by atoms with van der Waals surface area (Å²) < 4.78 is 4.70. The molecule has 0 saturated heterocycles. The molecule has 0 aliphatic heterocycles. The molecule has 0 aromatic carbocycles. The Bertz CT molecular complexity index is 121. The number of hydrogen-bond acceptors (Lipinski definition) is 2. The maximum Gasteiger partial charge on any atom is 0.338 e. The molecule has 0 amide bonds. The van der Waals surface area contributed by atoms with Gasteiger partial charge in [0.15, 0.2) is 6.10 Å². The van der Waals surface area contributed by atoms with E-state index in [-0.39, 0.29) is 0 Å². The van der Waals surface area contributed by atoms with Gasteiger partial charge in [0.05, 0.1) is 6.61 Å². The van der Waals surface area contributed by atoms with Crippen LogP contribution < -0.4 is 0 Å². The van der Waals surface area contributed by atoms with Gasteiger partial charge in [0.2, 0.25) is 0 Å². The molecule has 11 heavy (non-hydrogen) atoms. The van der Waals surface area contributed by atoms with Gasteiger partial charge in [-0.25, -0.2) is 9.90 Å². The molecule has 1 unspecified atom stereocenters. The molecule has 3 nitrogen and oxygen atoms in total. The Balaban J connectivity index is 3.52. The average molecular weight is 159 g/mol. The summed E-state index contributed by atoms with van der Waals surface area (Å²) in [5, 5.41) is 10.7. The van der Waals surface area contributed by atoms with Gasteiger partial charge in [0.1, 0.15) is 0 Å². The van der Waals surface area contributed by atoms with Gasteiger partial charge < -0.3 is 4.74 Å². The normalized spacial score (nSPS) is 13.2. The van der Waals surface area contributed by atoms with Crippen molar-refractivity contribution in [3.8, 4) is 0 Å². The quantitative estimate of drug-likeness (QED) is 0.582. The number of hydrogen-bond donors (Lipinski definition) is 0. The van der Waals surface area contributed by atoms with Crippen molar-refractivity contribution >= 4 is 5.97 Å². The van der Waals surface area contributed by atoms with Gasteiger partial charge in [-0.15, -0.1) is 0 Å². The molecule has 0 aliphatic carbocycles. The molecule has 0 spiro atoms. The highest BCUT2D eigenvalue weighted by Crippen LogP contribution is 1.98. The molecule has 0 fully saturated rings. The minimum absolute atomic E-state index is 0.294. The highest BCUT2D eigenvalue weighted by atomic mass is 16.5. The zero-order valence-corrected chi connectivity index (χ0v) is 7.29. The van der Waals surface area contributed by atoms with Crippen molar-refractivity contribution in [1.29, 1.82) is 0 Å². The fourth-order valence-corrected chi connectivity index (χ4v) is 0.508. The van der Waals surface area contributed by atoms with E-state index < -0.39 is 12.1 Å². The zero-order chi connectivity index (χ0) is 8.85. The predicted octanol–water partition coefficient (Wildman–Crippen LogP) is 1.39. The second-order valence-corrected chi connectivity index (χ2v) is 2.92. The van der Waals surface area contributed by atoms with E-state index in [1.807, 2.05) is 13.8 Å². The molecule has 0 aliphatic rings. The average Bonchev–Trinajstić information content (AvgIpc) is 1.98. The lowest BCUT2D eigenvalue weighted by atomic mass is 10.2. The first-order chi connectivity index (χ1) is 5.07. The van der Waals surface area contributed by atoms with Crippen molar-refractivity contribution in [2.24, 2.45) is 5.92 Å². The molecule has 0 aromatic rings. The monoisotopic (exact) mass is 159 g/mol. The minimum Gasteiger partial charge on any atom is -0.463 e. The lowest BCUT2D eigenvalue weighted by molar-refractivity contribution is -0.158. The van der Waals surface area contributed by atoms with Gasteiger partial charge in [0, 0.05) is 0 Å². The first kappa shape index (κ1) is 10.4. The molecule has 0 rings (SSSR count). The Morgan fingerprint density at radius 2 is 2.00 bits per heavy atom. The summed E-state index contributed by atoms with van der Waals surface area (Å²) >= 11 is 0. The first-order valence-electron chi connectivity index (χ1n) is 3.90. The first-order valence-corrected chi connectivity index (χ1v) is 3.90. The van der Waals surface area contributed by atoms with Crippen LogP contribution in [-0.2, 0) is 14.6 Å². The summed E-state index contributed by atoms with van der Waals surface area (Å²) in [5.41, 5.74) is 0. The smallest absolute Gasteiger partial charge is 0.338 e. The molecule has 65 valence electrons. The van der Waals surface area contributed by atoms with Crippen LogP contribution in [0.3, 0.4) is 0 Å². The SMILES string of the molecule is CCC([O])C(=O)OCC(C)C. The number of esters is 1. The van der Waals surface area contributed by atoms with Crippen LogP contribution in [0.25, 0.3) is 0 Å². The Labute approximate surface area is 67.4 Å². The van der Waals surface area contributed by atoms with E-state index in [1.165, 1.54) is 0 Å². The van der Waals surface area contributed by atoms with Crippen LogP contribution in [0.1, 0.15) is 27.2 Å². The Hall–Kier alpha value is -0.570. The van der Waals surface area contributed by atoms with Gasteiger partial charge >= 0.3 is 5.97 Å². The molecular weight excluding hydrogens is 144 g/mol. The molecule has 0 saturated carbocycles. The molecule has 0 N–H and O–H groups in total. The van der Waals surface area contributed by atoms with Gasteiger partial charge in [-0.1, -0.05) is 20.8 Å². The highest BCUT2D eigenvalue weighted by Gasteiger charge is 2.15. The van der Waals surface area contributed by atoms with Gasteiger partial charge in [-0.3, -0.25) is 0 Å². The molecule has 1 atom stereocenters. The van der Waals surface area contributed by atoms with Crippen molar-refractivity contribution in [3.05, 3.63) is 0 Å². The second-order valence-electron chi connectivity index (χ2n) is 2.92. The minimum atomic E-state index is -1.20. The summed E-state index contributed by atoms with van der Waals surface area (Å²) in [5.74, 6) is -0.329. The van der Waals surface area contributed by atoms with E-state index >= 15 is 0 Å². The summed E-state index contributed by atoms with van der Waals surface area (Å²) in [6.45, 7) is 5.88.